The second-order valence-corrected chi connectivity index (χ2v) is 6.84. The fourth-order valence-electron chi connectivity index (χ4n) is 3.18. The number of carbonyl (C=O) groups is 1. The van der Waals surface area contributed by atoms with E-state index in [2.05, 4.69) is 15.5 Å². The Morgan fingerprint density at radius 3 is 2.25 bits per heavy atom. The summed E-state index contributed by atoms with van der Waals surface area (Å²) in [6.45, 7) is 0. The van der Waals surface area contributed by atoms with Gasteiger partial charge in [-0.3, -0.25) is 4.79 Å². The largest absolute Gasteiger partial charge is 0.497 e. The molecule has 32 heavy (non-hydrogen) atoms. The smallest absolute Gasteiger partial charge is 0.252 e. The van der Waals surface area contributed by atoms with Gasteiger partial charge < -0.3 is 19.2 Å². The molecule has 0 aliphatic carbocycles. The van der Waals surface area contributed by atoms with Gasteiger partial charge in [0.1, 0.15) is 23.4 Å². The molecule has 1 N–H and O–H groups in total. The van der Waals surface area contributed by atoms with E-state index in [1.54, 1.807) is 36.4 Å². The third-order valence-corrected chi connectivity index (χ3v) is 4.81. The number of hydrogen-bond donors (Lipinski definition) is 1. The monoisotopic (exact) mass is 433 g/mol. The first-order valence-corrected chi connectivity index (χ1v) is 9.76. The number of halogens is 1. The van der Waals surface area contributed by atoms with E-state index in [9.17, 15) is 9.18 Å². The predicted molar refractivity (Wildman–Crippen MR) is 115 cm³/mol. The van der Waals surface area contributed by atoms with Crippen molar-refractivity contribution < 1.29 is 23.1 Å². The zero-order valence-corrected chi connectivity index (χ0v) is 17.4. The number of nitrogens with zero attached hydrogens (tertiary/aromatic N) is 2. The molecule has 4 aromatic rings. The fourth-order valence-corrected chi connectivity index (χ4v) is 3.18. The van der Waals surface area contributed by atoms with Gasteiger partial charge in [0.05, 0.1) is 14.2 Å². The number of rotatable bonds is 7. The van der Waals surface area contributed by atoms with Crippen LogP contribution in [0.25, 0.3) is 11.5 Å². The Morgan fingerprint density at radius 2 is 1.59 bits per heavy atom. The Morgan fingerprint density at radius 1 is 0.938 bits per heavy atom. The Hall–Kier alpha value is -4.20. The van der Waals surface area contributed by atoms with Crippen LogP contribution >= 0.6 is 0 Å². The molecule has 0 saturated heterocycles. The van der Waals surface area contributed by atoms with Crippen LogP contribution in [0.4, 0.5) is 4.39 Å². The minimum absolute atomic E-state index is 0.0529. The Labute approximate surface area is 183 Å². The number of ether oxygens (including phenoxy) is 2. The Bertz CT molecular complexity index is 1200. The topological polar surface area (TPSA) is 86.5 Å². The molecule has 0 spiro atoms. The third kappa shape index (κ3) is 4.44. The molecule has 4 rings (SSSR count). The summed E-state index contributed by atoms with van der Waals surface area (Å²) in [6, 6.07) is 19.0. The van der Waals surface area contributed by atoms with Crippen LogP contribution in [-0.4, -0.2) is 30.3 Å². The lowest BCUT2D eigenvalue weighted by atomic mass is 10.1. The van der Waals surface area contributed by atoms with Gasteiger partial charge in [0.2, 0.25) is 11.8 Å². The van der Waals surface area contributed by atoms with Gasteiger partial charge in [0, 0.05) is 22.8 Å². The molecule has 0 fully saturated rings. The minimum Gasteiger partial charge on any atom is -0.497 e. The van der Waals surface area contributed by atoms with Gasteiger partial charge in [-0.25, -0.2) is 4.39 Å². The number of carbonyl (C=O) groups excluding carboxylic acids is 1. The van der Waals surface area contributed by atoms with Crippen LogP contribution < -0.4 is 14.8 Å². The Kier molecular flexibility index (Phi) is 6.12. The van der Waals surface area contributed by atoms with Crippen molar-refractivity contribution in [2.24, 2.45) is 0 Å². The lowest BCUT2D eigenvalue weighted by Crippen LogP contribution is -2.30. The maximum Gasteiger partial charge on any atom is 0.252 e. The van der Waals surface area contributed by atoms with Gasteiger partial charge in [0.15, 0.2) is 0 Å². The number of benzene rings is 3. The summed E-state index contributed by atoms with van der Waals surface area (Å²) < 4.78 is 30.9. The fraction of sp³-hybridized carbons (Fsp3) is 0.125. The standard InChI is InChI=1S/C24H20FN3O4/c1-30-17-12-16(13-18(14-17)31-2)22(29)26-21(19-10-6-7-11-20(19)25)24-28-27-23(32-24)15-8-4-3-5-9-15/h3-14,21H,1-2H3,(H,26,29)/t21-/m1/s1. The molecule has 3 aromatic carbocycles. The highest BCUT2D eigenvalue weighted by atomic mass is 19.1. The van der Waals surface area contributed by atoms with Gasteiger partial charge >= 0.3 is 0 Å². The highest BCUT2D eigenvalue weighted by Gasteiger charge is 2.27. The van der Waals surface area contributed by atoms with Crippen molar-refractivity contribution in [2.45, 2.75) is 6.04 Å². The van der Waals surface area contributed by atoms with Crippen molar-refractivity contribution in [1.82, 2.24) is 15.5 Å². The molecule has 1 aromatic heterocycles. The van der Waals surface area contributed by atoms with Crippen LogP contribution in [0.2, 0.25) is 0 Å². The van der Waals surface area contributed by atoms with Crippen molar-refractivity contribution in [3.8, 4) is 23.0 Å². The quantitative estimate of drug-likeness (QED) is 0.465. The van der Waals surface area contributed by atoms with Crippen LogP contribution in [0, 0.1) is 5.82 Å². The van der Waals surface area contributed by atoms with Crippen LogP contribution in [0.5, 0.6) is 11.5 Å². The SMILES string of the molecule is COc1cc(OC)cc(C(=O)N[C@@H](c2nnc(-c3ccccc3)o2)c2ccccc2F)c1. The predicted octanol–water partition coefficient (Wildman–Crippen LogP) is 4.41. The maximum absolute atomic E-state index is 14.7. The van der Waals surface area contributed by atoms with Crippen molar-refractivity contribution in [3.05, 3.63) is 95.6 Å². The third-order valence-electron chi connectivity index (χ3n) is 4.81. The van der Waals surface area contributed by atoms with E-state index in [1.165, 1.54) is 20.3 Å². The molecule has 162 valence electrons. The van der Waals surface area contributed by atoms with E-state index >= 15 is 0 Å². The lowest BCUT2D eigenvalue weighted by Gasteiger charge is -2.17. The average molecular weight is 433 g/mol. The molecular weight excluding hydrogens is 413 g/mol. The summed E-state index contributed by atoms with van der Waals surface area (Å²) in [4.78, 5) is 13.1. The summed E-state index contributed by atoms with van der Waals surface area (Å²) in [6.07, 6.45) is 0. The van der Waals surface area contributed by atoms with Gasteiger partial charge in [0.25, 0.3) is 5.91 Å². The number of methoxy groups -OCH3 is 2. The molecule has 0 unspecified atom stereocenters. The van der Waals surface area contributed by atoms with E-state index in [1.807, 2.05) is 30.3 Å². The van der Waals surface area contributed by atoms with Crippen molar-refractivity contribution in [1.29, 1.82) is 0 Å². The molecule has 1 heterocycles. The van der Waals surface area contributed by atoms with E-state index in [-0.39, 0.29) is 22.9 Å². The zero-order chi connectivity index (χ0) is 22.5. The molecular formula is C24H20FN3O4. The van der Waals surface area contributed by atoms with Crippen molar-refractivity contribution in [3.63, 3.8) is 0 Å². The minimum atomic E-state index is -1.01. The first kappa shape index (κ1) is 21.0. The van der Waals surface area contributed by atoms with Gasteiger partial charge in [-0.1, -0.05) is 36.4 Å². The first-order valence-electron chi connectivity index (χ1n) is 9.76. The van der Waals surface area contributed by atoms with Crippen molar-refractivity contribution >= 4 is 5.91 Å². The zero-order valence-electron chi connectivity index (χ0n) is 17.4. The first-order chi connectivity index (χ1) is 15.6. The number of aromatic nitrogens is 2. The molecule has 0 radical (unpaired) electrons. The van der Waals surface area contributed by atoms with Gasteiger partial charge in [-0.05, 0) is 30.3 Å². The summed E-state index contributed by atoms with van der Waals surface area (Å²) >= 11 is 0. The summed E-state index contributed by atoms with van der Waals surface area (Å²) in [5.41, 5.74) is 1.17. The second-order valence-electron chi connectivity index (χ2n) is 6.84. The van der Waals surface area contributed by atoms with E-state index in [4.69, 9.17) is 13.9 Å². The van der Waals surface area contributed by atoms with Crippen LogP contribution in [0.1, 0.15) is 27.9 Å². The summed E-state index contributed by atoms with van der Waals surface area (Å²) in [5, 5.41) is 10.9. The van der Waals surface area contributed by atoms with Gasteiger partial charge in [-0.2, -0.15) is 0 Å². The summed E-state index contributed by atoms with van der Waals surface area (Å²) in [7, 11) is 2.98. The normalized spacial score (nSPS) is 11.6. The van der Waals surface area contributed by atoms with Crippen LogP contribution in [0.15, 0.2) is 77.2 Å². The van der Waals surface area contributed by atoms with Crippen molar-refractivity contribution in [2.75, 3.05) is 14.2 Å². The highest BCUT2D eigenvalue weighted by Crippen LogP contribution is 2.28. The second kappa shape index (κ2) is 9.30. The summed E-state index contributed by atoms with van der Waals surface area (Å²) in [5.74, 6) is 0.203. The molecule has 1 amide bonds. The lowest BCUT2D eigenvalue weighted by molar-refractivity contribution is 0.0936. The molecule has 0 bridgehead atoms. The van der Waals surface area contributed by atoms with Crippen LogP contribution in [0.3, 0.4) is 0 Å². The highest BCUT2D eigenvalue weighted by molar-refractivity contribution is 5.95. The molecule has 8 heteroatoms. The number of nitrogens with one attached hydrogen (secondary N) is 1. The van der Waals surface area contributed by atoms with E-state index in [0.29, 0.717) is 17.1 Å². The van der Waals surface area contributed by atoms with E-state index < -0.39 is 17.8 Å². The van der Waals surface area contributed by atoms with Crippen LogP contribution in [-0.2, 0) is 0 Å². The number of hydrogen-bond acceptors (Lipinski definition) is 6. The molecule has 7 nitrogen and oxygen atoms in total. The van der Waals surface area contributed by atoms with Gasteiger partial charge in [-0.15, -0.1) is 10.2 Å². The molecule has 1 atom stereocenters. The Balaban J connectivity index is 1.71. The molecule has 0 aliphatic rings. The number of amides is 1. The maximum atomic E-state index is 14.7. The average Bonchev–Trinajstić information content (AvgIpc) is 3.33. The molecule has 0 aliphatic heterocycles. The van der Waals surface area contributed by atoms with E-state index in [0.717, 1.165) is 0 Å². The molecule has 0 saturated carbocycles.